The molecule has 0 bridgehead atoms. The molecule has 0 N–H and O–H groups in total. The molecule has 2 rings (SSSR count). The Morgan fingerprint density at radius 1 is 0.941 bits per heavy atom. The molecule has 17 heavy (non-hydrogen) atoms. The number of rotatable bonds is 4. The van der Waals surface area contributed by atoms with Crippen molar-refractivity contribution in [3.8, 4) is 0 Å². The molecule has 0 atom stereocenters. The lowest BCUT2D eigenvalue weighted by atomic mass is 10.2. The van der Waals surface area contributed by atoms with E-state index in [0.717, 1.165) is 10.8 Å². The van der Waals surface area contributed by atoms with Crippen LogP contribution in [0.3, 0.4) is 0 Å². The quantitative estimate of drug-likeness (QED) is 0.724. The highest BCUT2D eigenvalue weighted by Gasteiger charge is 1.91. The normalized spacial score (nSPS) is 10.9. The van der Waals surface area contributed by atoms with Gasteiger partial charge in [0.1, 0.15) is 0 Å². The number of thioether (sulfide) groups is 1. The Bertz CT molecular complexity index is 474. The molecule has 0 aliphatic rings. The summed E-state index contributed by atoms with van der Waals surface area (Å²) in [6.07, 6.45) is 2.13. The van der Waals surface area contributed by atoms with E-state index in [2.05, 4.69) is 35.7 Å². The second kappa shape index (κ2) is 6.53. The first kappa shape index (κ1) is 12.3. The van der Waals surface area contributed by atoms with Crippen LogP contribution in [0.1, 0.15) is 11.1 Å². The van der Waals surface area contributed by atoms with Gasteiger partial charge in [0.2, 0.25) is 0 Å². The van der Waals surface area contributed by atoms with Crippen molar-refractivity contribution < 1.29 is 0 Å². The van der Waals surface area contributed by atoms with Crippen LogP contribution in [0.2, 0.25) is 5.02 Å². The Morgan fingerprint density at radius 3 is 2.35 bits per heavy atom. The first-order valence-corrected chi connectivity index (χ1v) is 6.85. The number of benzene rings is 2. The summed E-state index contributed by atoms with van der Waals surface area (Å²) in [5, 5.41) is 2.92. The van der Waals surface area contributed by atoms with E-state index < -0.39 is 0 Å². The zero-order valence-electron chi connectivity index (χ0n) is 9.34. The zero-order valence-corrected chi connectivity index (χ0v) is 10.9. The summed E-state index contributed by atoms with van der Waals surface area (Å²) in [6.45, 7) is 0. The highest BCUT2D eigenvalue weighted by Crippen LogP contribution is 2.17. The minimum absolute atomic E-state index is 0.790. The monoisotopic (exact) mass is 260 g/mol. The van der Waals surface area contributed by atoms with E-state index in [1.54, 1.807) is 11.8 Å². The van der Waals surface area contributed by atoms with Gasteiger partial charge in [-0.25, -0.2) is 0 Å². The minimum atomic E-state index is 0.790. The second-order valence-corrected chi connectivity index (χ2v) is 4.98. The fourth-order valence-electron chi connectivity index (χ4n) is 1.42. The molecule has 0 fully saturated rings. The summed E-state index contributed by atoms with van der Waals surface area (Å²) in [5.41, 5.74) is 2.52. The van der Waals surface area contributed by atoms with Crippen molar-refractivity contribution in [1.82, 2.24) is 0 Å². The smallest absolute Gasteiger partial charge is 0.0406 e. The Balaban J connectivity index is 1.84. The van der Waals surface area contributed by atoms with Crippen LogP contribution in [0.25, 0.3) is 6.08 Å². The topological polar surface area (TPSA) is 0 Å². The standard InChI is InChI=1S/C15H13ClS/c16-15-8-6-14(7-9-15)12-17-11-10-13-4-2-1-3-5-13/h1-11H,12H2/b11-10+. The number of hydrogen-bond donors (Lipinski definition) is 0. The van der Waals surface area contributed by atoms with Gasteiger partial charge in [-0.3, -0.25) is 0 Å². The molecule has 86 valence electrons. The van der Waals surface area contributed by atoms with E-state index in [0.29, 0.717) is 0 Å². The van der Waals surface area contributed by atoms with Crippen LogP contribution in [0.15, 0.2) is 60.0 Å². The first-order chi connectivity index (χ1) is 8.34. The Labute approximate surface area is 111 Å². The fraction of sp³-hybridized carbons (Fsp3) is 0.0667. The molecule has 0 amide bonds. The first-order valence-electron chi connectivity index (χ1n) is 5.42. The van der Waals surface area contributed by atoms with Crippen molar-refractivity contribution in [3.05, 3.63) is 76.2 Å². The van der Waals surface area contributed by atoms with Gasteiger partial charge >= 0.3 is 0 Å². The van der Waals surface area contributed by atoms with Gasteiger partial charge in [-0.2, -0.15) is 0 Å². The predicted molar refractivity (Wildman–Crippen MR) is 78.2 cm³/mol. The molecule has 0 radical (unpaired) electrons. The van der Waals surface area contributed by atoms with E-state index in [4.69, 9.17) is 11.6 Å². The van der Waals surface area contributed by atoms with Crippen LogP contribution >= 0.6 is 23.4 Å². The molecule has 0 unspecified atom stereocenters. The third-order valence-electron chi connectivity index (χ3n) is 2.32. The van der Waals surface area contributed by atoms with Crippen molar-refractivity contribution >= 4 is 29.4 Å². The molecular weight excluding hydrogens is 248 g/mol. The summed E-state index contributed by atoms with van der Waals surface area (Å²) in [5.74, 6) is 0.973. The van der Waals surface area contributed by atoms with Crippen molar-refractivity contribution in [3.63, 3.8) is 0 Å². The third-order valence-corrected chi connectivity index (χ3v) is 3.40. The van der Waals surface area contributed by atoms with Gasteiger partial charge < -0.3 is 0 Å². The maximum Gasteiger partial charge on any atom is 0.0406 e. The molecular formula is C15H13ClS. The summed E-state index contributed by atoms with van der Waals surface area (Å²) in [4.78, 5) is 0. The Kier molecular flexibility index (Phi) is 4.72. The molecule has 0 heterocycles. The van der Waals surface area contributed by atoms with Crippen LogP contribution in [0, 0.1) is 0 Å². The van der Waals surface area contributed by atoms with Crippen LogP contribution < -0.4 is 0 Å². The third kappa shape index (κ3) is 4.29. The van der Waals surface area contributed by atoms with E-state index in [1.807, 2.05) is 30.3 Å². The SMILES string of the molecule is Clc1ccc(CS/C=C/c2ccccc2)cc1. The fourth-order valence-corrected chi connectivity index (χ4v) is 2.28. The molecule has 0 aliphatic heterocycles. The Morgan fingerprint density at radius 2 is 1.65 bits per heavy atom. The van der Waals surface area contributed by atoms with E-state index in [1.165, 1.54) is 11.1 Å². The highest BCUT2D eigenvalue weighted by molar-refractivity contribution is 8.01. The summed E-state index contributed by atoms with van der Waals surface area (Å²) in [6, 6.07) is 18.3. The van der Waals surface area contributed by atoms with Crippen LogP contribution in [0.5, 0.6) is 0 Å². The average Bonchev–Trinajstić information content (AvgIpc) is 2.38. The molecule has 0 aromatic heterocycles. The Hall–Kier alpha value is -1.18. The van der Waals surface area contributed by atoms with Crippen molar-refractivity contribution in [2.24, 2.45) is 0 Å². The average molecular weight is 261 g/mol. The van der Waals surface area contributed by atoms with Gasteiger partial charge in [0.25, 0.3) is 0 Å². The zero-order chi connectivity index (χ0) is 11.9. The van der Waals surface area contributed by atoms with Crippen molar-refractivity contribution in [1.29, 1.82) is 0 Å². The van der Waals surface area contributed by atoms with Gasteiger partial charge in [0.15, 0.2) is 0 Å². The summed E-state index contributed by atoms with van der Waals surface area (Å²) >= 11 is 7.62. The van der Waals surface area contributed by atoms with Gasteiger partial charge in [0.05, 0.1) is 0 Å². The lowest BCUT2D eigenvalue weighted by molar-refractivity contribution is 1.42. The molecule has 0 nitrogen and oxygen atoms in total. The van der Waals surface area contributed by atoms with Crippen molar-refractivity contribution in [2.45, 2.75) is 5.75 Å². The maximum absolute atomic E-state index is 5.83. The molecule has 0 saturated heterocycles. The molecule has 2 aromatic carbocycles. The lowest BCUT2D eigenvalue weighted by Crippen LogP contribution is -1.76. The van der Waals surface area contributed by atoms with Gasteiger partial charge in [-0.05, 0) is 34.7 Å². The minimum Gasteiger partial charge on any atom is -0.129 e. The van der Waals surface area contributed by atoms with E-state index in [9.17, 15) is 0 Å². The van der Waals surface area contributed by atoms with Crippen molar-refractivity contribution in [2.75, 3.05) is 0 Å². The summed E-state index contributed by atoms with van der Waals surface area (Å²) < 4.78 is 0. The van der Waals surface area contributed by atoms with E-state index >= 15 is 0 Å². The largest absolute Gasteiger partial charge is 0.129 e. The summed E-state index contributed by atoms with van der Waals surface area (Å²) in [7, 11) is 0. The van der Waals surface area contributed by atoms with Crippen LogP contribution in [-0.4, -0.2) is 0 Å². The molecule has 2 aromatic rings. The van der Waals surface area contributed by atoms with Gasteiger partial charge in [-0.1, -0.05) is 54.1 Å². The highest BCUT2D eigenvalue weighted by atomic mass is 35.5. The van der Waals surface area contributed by atoms with Crippen LogP contribution in [-0.2, 0) is 5.75 Å². The predicted octanol–water partition coefficient (Wildman–Crippen LogP) is 5.24. The van der Waals surface area contributed by atoms with Gasteiger partial charge in [0, 0.05) is 10.8 Å². The van der Waals surface area contributed by atoms with Gasteiger partial charge in [-0.15, -0.1) is 11.8 Å². The maximum atomic E-state index is 5.83. The molecule has 0 saturated carbocycles. The molecule has 2 heteroatoms. The lowest BCUT2D eigenvalue weighted by Gasteiger charge is -1.98. The van der Waals surface area contributed by atoms with Crippen LogP contribution in [0.4, 0.5) is 0 Å². The molecule has 0 spiro atoms. The number of halogens is 1. The number of hydrogen-bond acceptors (Lipinski definition) is 1. The molecule has 0 aliphatic carbocycles. The van der Waals surface area contributed by atoms with E-state index in [-0.39, 0.29) is 0 Å². The second-order valence-electron chi connectivity index (χ2n) is 3.65.